The van der Waals surface area contributed by atoms with E-state index >= 15 is 0 Å². The number of ether oxygens (including phenoxy) is 1. The first-order valence-electron chi connectivity index (χ1n) is 4.84. The molecule has 18 heavy (non-hydrogen) atoms. The molecular weight excluding hydrogens is 251 g/mol. The molecule has 0 saturated carbocycles. The minimum absolute atomic E-state index is 0.139. The van der Waals surface area contributed by atoms with Crippen molar-refractivity contribution < 1.29 is 27.9 Å². The van der Waals surface area contributed by atoms with Crippen LogP contribution in [-0.4, -0.2) is 30.0 Å². The highest BCUT2D eigenvalue weighted by Crippen LogP contribution is 2.23. The standard InChI is InChI=1S/C11H10F3NO3/c1-18-9-5-3-2-4-7(9)8(15-17)6-10(16)11(12,13)14/h2-5,17H,6H2,1H3/b15-8+. The number of benzene rings is 1. The van der Waals surface area contributed by atoms with Crippen LogP contribution >= 0.6 is 0 Å². The van der Waals surface area contributed by atoms with Gasteiger partial charge in [-0.15, -0.1) is 0 Å². The molecular formula is C11H10F3NO3. The number of Topliss-reactive ketones (excluding diaryl/α,β-unsaturated/α-hetero) is 1. The van der Waals surface area contributed by atoms with E-state index < -0.39 is 24.1 Å². The summed E-state index contributed by atoms with van der Waals surface area (Å²) in [6.45, 7) is 0. The first-order valence-corrected chi connectivity index (χ1v) is 4.84. The molecule has 0 radical (unpaired) electrons. The minimum Gasteiger partial charge on any atom is -0.496 e. The summed E-state index contributed by atoms with van der Waals surface area (Å²) in [5.41, 5.74) is -0.255. The van der Waals surface area contributed by atoms with E-state index in [4.69, 9.17) is 9.94 Å². The zero-order chi connectivity index (χ0) is 13.8. The van der Waals surface area contributed by atoms with Gasteiger partial charge in [-0.1, -0.05) is 17.3 Å². The average molecular weight is 261 g/mol. The number of oxime groups is 1. The first-order chi connectivity index (χ1) is 8.40. The molecule has 4 nitrogen and oxygen atoms in total. The van der Waals surface area contributed by atoms with Crippen LogP contribution in [0.15, 0.2) is 29.4 Å². The van der Waals surface area contributed by atoms with Crippen LogP contribution in [0, 0.1) is 0 Å². The number of para-hydroxylation sites is 1. The SMILES string of the molecule is COc1ccccc1/C(CC(=O)C(F)(F)F)=N/O. The van der Waals surface area contributed by atoms with E-state index in [2.05, 4.69) is 5.16 Å². The number of carbonyl (C=O) groups excluding carboxylic acids is 1. The number of rotatable bonds is 4. The van der Waals surface area contributed by atoms with Crippen LogP contribution in [0.4, 0.5) is 13.2 Å². The number of nitrogens with zero attached hydrogens (tertiary/aromatic N) is 1. The molecule has 0 aliphatic rings. The molecule has 0 heterocycles. The third kappa shape index (κ3) is 3.22. The van der Waals surface area contributed by atoms with Crippen molar-refractivity contribution in [3.05, 3.63) is 29.8 Å². The summed E-state index contributed by atoms with van der Waals surface area (Å²) in [4.78, 5) is 10.8. The zero-order valence-electron chi connectivity index (χ0n) is 9.36. The van der Waals surface area contributed by atoms with Crippen LogP contribution in [0.25, 0.3) is 0 Å². The largest absolute Gasteiger partial charge is 0.496 e. The number of ketones is 1. The topological polar surface area (TPSA) is 58.9 Å². The highest BCUT2D eigenvalue weighted by molar-refractivity contribution is 6.13. The molecule has 7 heteroatoms. The van der Waals surface area contributed by atoms with Gasteiger partial charge in [0.15, 0.2) is 0 Å². The lowest BCUT2D eigenvalue weighted by Gasteiger charge is -2.10. The minimum atomic E-state index is -4.96. The molecule has 0 aliphatic carbocycles. The van der Waals surface area contributed by atoms with Crippen molar-refractivity contribution in [1.29, 1.82) is 0 Å². The maximum Gasteiger partial charge on any atom is 0.450 e. The first kappa shape index (κ1) is 14.0. The molecule has 1 N–H and O–H groups in total. The van der Waals surface area contributed by atoms with E-state index in [1.54, 1.807) is 6.07 Å². The Balaban J connectivity index is 3.02. The number of methoxy groups -OCH3 is 1. The molecule has 1 rings (SSSR count). The molecule has 0 aromatic heterocycles. The quantitative estimate of drug-likeness (QED) is 0.514. The lowest BCUT2D eigenvalue weighted by molar-refractivity contribution is -0.169. The molecule has 0 amide bonds. The van der Waals surface area contributed by atoms with Gasteiger partial charge in [0.05, 0.1) is 19.2 Å². The van der Waals surface area contributed by atoms with E-state index in [1.165, 1.54) is 25.3 Å². The van der Waals surface area contributed by atoms with Gasteiger partial charge in [0.2, 0.25) is 5.78 Å². The fourth-order valence-corrected chi connectivity index (χ4v) is 1.32. The average Bonchev–Trinajstić information content (AvgIpc) is 2.34. The molecule has 0 fully saturated rings. The van der Waals surface area contributed by atoms with Gasteiger partial charge in [0.25, 0.3) is 0 Å². The van der Waals surface area contributed by atoms with Crippen molar-refractivity contribution in [1.82, 2.24) is 0 Å². The van der Waals surface area contributed by atoms with E-state index in [-0.39, 0.29) is 11.3 Å². The molecule has 0 spiro atoms. The van der Waals surface area contributed by atoms with Crippen LogP contribution in [0.2, 0.25) is 0 Å². The van der Waals surface area contributed by atoms with Crippen LogP contribution in [0.1, 0.15) is 12.0 Å². The van der Waals surface area contributed by atoms with Gasteiger partial charge >= 0.3 is 6.18 Å². The van der Waals surface area contributed by atoms with Gasteiger partial charge in [0, 0.05) is 5.56 Å². The summed E-state index contributed by atoms with van der Waals surface area (Å²) < 4.78 is 41.3. The Bertz CT molecular complexity index is 469. The van der Waals surface area contributed by atoms with E-state index in [9.17, 15) is 18.0 Å². The van der Waals surface area contributed by atoms with Crippen molar-refractivity contribution in [2.45, 2.75) is 12.6 Å². The van der Waals surface area contributed by atoms with Gasteiger partial charge in [-0.2, -0.15) is 13.2 Å². The number of halogens is 3. The second-order valence-electron chi connectivity index (χ2n) is 3.34. The Labute approximate surface area is 101 Å². The molecule has 1 aromatic carbocycles. The van der Waals surface area contributed by atoms with Gasteiger partial charge < -0.3 is 9.94 Å². The van der Waals surface area contributed by atoms with E-state index in [0.717, 1.165) is 0 Å². The number of hydrogen-bond donors (Lipinski definition) is 1. The van der Waals surface area contributed by atoms with Crippen LogP contribution in [-0.2, 0) is 4.79 Å². The highest BCUT2D eigenvalue weighted by atomic mass is 19.4. The van der Waals surface area contributed by atoms with E-state index in [0.29, 0.717) is 0 Å². The molecule has 0 unspecified atom stereocenters. The summed E-state index contributed by atoms with van der Waals surface area (Å²) in [6.07, 6.45) is -6.00. The smallest absolute Gasteiger partial charge is 0.450 e. The van der Waals surface area contributed by atoms with Crippen LogP contribution in [0.5, 0.6) is 5.75 Å². The molecule has 0 bridgehead atoms. The molecule has 98 valence electrons. The third-order valence-electron chi connectivity index (χ3n) is 2.18. The molecule has 0 saturated heterocycles. The van der Waals surface area contributed by atoms with Gasteiger partial charge in [-0.05, 0) is 12.1 Å². The van der Waals surface area contributed by atoms with Crippen LogP contribution < -0.4 is 4.74 Å². The lowest BCUT2D eigenvalue weighted by atomic mass is 10.0. The number of alkyl halides is 3. The molecule has 1 aromatic rings. The molecule has 0 aliphatic heterocycles. The Morgan fingerprint density at radius 3 is 2.50 bits per heavy atom. The van der Waals surface area contributed by atoms with Crippen molar-refractivity contribution in [2.24, 2.45) is 5.16 Å². The fraction of sp³-hybridized carbons (Fsp3) is 0.273. The van der Waals surface area contributed by atoms with Crippen LogP contribution in [0.3, 0.4) is 0 Å². The second kappa shape index (κ2) is 5.52. The Kier molecular flexibility index (Phi) is 4.30. The third-order valence-corrected chi connectivity index (χ3v) is 2.18. The van der Waals surface area contributed by atoms with Gasteiger partial charge in [-0.3, -0.25) is 4.79 Å². The highest BCUT2D eigenvalue weighted by Gasteiger charge is 2.39. The van der Waals surface area contributed by atoms with Crippen molar-refractivity contribution >= 4 is 11.5 Å². The summed E-state index contributed by atoms with van der Waals surface area (Å²) in [5.74, 6) is -1.76. The monoisotopic (exact) mass is 261 g/mol. The van der Waals surface area contributed by atoms with Crippen molar-refractivity contribution in [3.8, 4) is 5.75 Å². The normalized spacial score (nSPS) is 12.3. The van der Waals surface area contributed by atoms with Gasteiger partial charge in [-0.25, -0.2) is 0 Å². The predicted molar refractivity (Wildman–Crippen MR) is 57.0 cm³/mol. The number of carbonyl (C=O) groups is 1. The fourth-order valence-electron chi connectivity index (χ4n) is 1.32. The maximum absolute atomic E-state index is 12.1. The zero-order valence-corrected chi connectivity index (χ0v) is 9.36. The summed E-state index contributed by atoms with van der Waals surface area (Å²) >= 11 is 0. The Morgan fingerprint density at radius 1 is 1.39 bits per heavy atom. The summed E-state index contributed by atoms with van der Waals surface area (Å²) in [7, 11) is 1.32. The predicted octanol–water partition coefficient (Wildman–Crippen LogP) is 2.39. The van der Waals surface area contributed by atoms with Gasteiger partial charge in [0.1, 0.15) is 5.75 Å². The summed E-state index contributed by atoms with van der Waals surface area (Å²) in [5, 5.41) is 11.5. The van der Waals surface area contributed by atoms with Crippen molar-refractivity contribution in [2.75, 3.05) is 7.11 Å². The maximum atomic E-state index is 12.1. The Hall–Kier alpha value is -2.05. The lowest BCUT2D eigenvalue weighted by Crippen LogP contribution is -2.25. The van der Waals surface area contributed by atoms with Crippen molar-refractivity contribution in [3.63, 3.8) is 0 Å². The Morgan fingerprint density at radius 2 is 2.00 bits per heavy atom. The summed E-state index contributed by atoms with van der Waals surface area (Å²) in [6, 6.07) is 6.01. The second-order valence-corrected chi connectivity index (χ2v) is 3.34. The van der Waals surface area contributed by atoms with E-state index in [1.807, 2.05) is 0 Å². The number of hydrogen-bond acceptors (Lipinski definition) is 4. The molecule has 0 atom stereocenters.